The van der Waals surface area contributed by atoms with Gasteiger partial charge in [-0.25, -0.2) is 0 Å². The minimum atomic E-state index is 0.140. The van der Waals surface area contributed by atoms with Gasteiger partial charge in [0.05, 0.1) is 5.52 Å². The van der Waals surface area contributed by atoms with Crippen LogP contribution in [0.2, 0.25) is 0 Å². The average Bonchev–Trinajstić information content (AvgIpc) is 2.58. The second kappa shape index (κ2) is 3.23. The highest BCUT2D eigenvalue weighted by Crippen LogP contribution is 2.33. The number of aromatic nitrogens is 1. The van der Waals surface area contributed by atoms with E-state index in [9.17, 15) is 10.2 Å². The van der Waals surface area contributed by atoms with Crippen LogP contribution in [0.25, 0.3) is 10.9 Å². The zero-order valence-corrected chi connectivity index (χ0v) is 7.62. The van der Waals surface area contributed by atoms with Gasteiger partial charge in [-0.05, 0) is 30.7 Å². The quantitative estimate of drug-likeness (QED) is 0.537. The monoisotopic (exact) mass is 192 g/mol. The number of H-pyrrole nitrogens is 1. The van der Waals surface area contributed by atoms with E-state index in [0.29, 0.717) is 23.9 Å². The van der Waals surface area contributed by atoms with Gasteiger partial charge in [0.2, 0.25) is 0 Å². The van der Waals surface area contributed by atoms with E-state index < -0.39 is 0 Å². The summed E-state index contributed by atoms with van der Waals surface area (Å²) in [5, 5.41) is 19.8. The molecule has 0 aliphatic rings. The van der Waals surface area contributed by atoms with Crippen molar-refractivity contribution in [3.8, 4) is 11.5 Å². The topological polar surface area (TPSA) is 82.3 Å². The zero-order valence-electron chi connectivity index (χ0n) is 7.62. The lowest BCUT2D eigenvalue weighted by Crippen LogP contribution is -2.01. The molecule has 1 aromatic carbocycles. The first kappa shape index (κ1) is 8.90. The van der Waals surface area contributed by atoms with Crippen molar-refractivity contribution in [2.75, 3.05) is 6.54 Å². The van der Waals surface area contributed by atoms with Gasteiger partial charge in [0, 0.05) is 11.6 Å². The lowest BCUT2D eigenvalue weighted by Gasteiger charge is -2.00. The maximum absolute atomic E-state index is 9.62. The van der Waals surface area contributed by atoms with Crippen LogP contribution in [0.15, 0.2) is 18.3 Å². The van der Waals surface area contributed by atoms with Crippen LogP contribution in [-0.2, 0) is 6.42 Å². The van der Waals surface area contributed by atoms with Crippen LogP contribution in [0.4, 0.5) is 0 Å². The number of benzene rings is 1. The largest absolute Gasteiger partial charge is 0.507 e. The van der Waals surface area contributed by atoms with Crippen LogP contribution >= 0.6 is 0 Å². The molecule has 0 aliphatic heterocycles. The van der Waals surface area contributed by atoms with Crippen LogP contribution in [0, 0.1) is 0 Å². The molecule has 0 unspecified atom stereocenters. The summed E-state index contributed by atoms with van der Waals surface area (Å²) in [7, 11) is 0. The molecule has 1 heterocycles. The van der Waals surface area contributed by atoms with Crippen molar-refractivity contribution < 1.29 is 10.2 Å². The Balaban J connectivity index is 2.70. The molecule has 0 bridgehead atoms. The molecule has 0 amide bonds. The number of hydrogen-bond donors (Lipinski definition) is 4. The van der Waals surface area contributed by atoms with Crippen LogP contribution in [-0.4, -0.2) is 21.7 Å². The van der Waals surface area contributed by atoms with Gasteiger partial charge in [-0.1, -0.05) is 0 Å². The summed E-state index contributed by atoms with van der Waals surface area (Å²) >= 11 is 0. The average molecular weight is 192 g/mol. The number of phenols is 2. The molecule has 0 fully saturated rings. The molecule has 0 spiro atoms. The van der Waals surface area contributed by atoms with Crippen molar-refractivity contribution in [2.45, 2.75) is 6.42 Å². The number of nitrogens with one attached hydrogen (secondary N) is 1. The van der Waals surface area contributed by atoms with E-state index >= 15 is 0 Å². The van der Waals surface area contributed by atoms with Crippen LogP contribution in [0.3, 0.4) is 0 Å². The predicted molar refractivity (Wildman–Crippen MR) is 54.4 cm³/mol. The first-order valence-electron chi connectivity index (χ1n) is 4.45. The first-order chi connectivity index (χ1) is 6.74. The van der Waals surface area contributed by atoms with E-state index in [-0.39, 0.29) is 11.5 Å². The minimum Gasteiger partial charge on any atom is -0.507 e. The van der Waals surface area contributed by atoms with Crippen molar-refractivity contribution in [3.05, 3.63) is 23.9 Å². The van der Waals surface area contributed by atoms with E-state index in [4.69, 9.17) is 5.73 Å². The van der Waals surface area contributed by atoms with Crippen molar-refractivity contribution in [2.24, 2.45) is 5.73 Å². The van der Waals surface area contributed by atoms with E-state index in [2.05, 4.69) is 4.98 Å². The summed E-state index contributed by atoms with van der Waals surface area (Å²) in [6, 6.07) is 2.94. The van der Waals surface area contributed by atoms with Crippen LogP contribution in [0.1, 0.15) is 5.56 Å². The third kappa shape index (κ3) is 1.20. The van der Waals surface area contributed by atoms with Gasteiger partial charge in [-0.2, -0.15) is 0 Å². The highest BCUT2D eigenvalue weighted by molar-refractivity contribution is 5.93. The minimum absolute atomic E-state index is 0.140. The maximum atomic E-state index is 9.62. The molecular weight excluding hydrogens is 180 g/mol. The summed E-state index contributed by atoms with van der Waals surface area (Å²) in [5.41, 5.74) is 6.93. The standard InChI is InChI=1S/C10H12N2O2/c11-4-3-6-5-12-10-8(14)2-1-7(13)9(6)10/h1-2,5,12-14H,3-4,11H2. The Morgan fingerprint density at radius 1 is 1.21 bits per heavy atom. The number of fused-ring (bicyclic) bond motifs is 1. The Hall–Kier alpha value is -1.68. The number of aromatic amines is 1. The number of rotatable bonds is 2. The van der Waals surface area contributed by atoms with Crippen LogP contribution in [0.5, 0.6) is 11.5 Å². The van der Waals surface area contributed by atoms with Gasteiger partial charge < -0.3 is 20.9 Å². The summed E-state index contributed by atoms with van der Waals surface area (Å²) in [5.74, 6) is 0.309. The fourth-order valence-electron chi connectivity index (χ4n) is 1.64. The third-order valence-corrected chi connectivity index (χ3v) is 2.29. The Morgan fingerprint density at radius 3 is 2.64 bits per heavy atom. The van der Waals surface area contributed by atoms with Crippen molar-refractivity contribution in [1.82, 2.24) is 4.98 Å². The lowest BCUT2D eigenvalue weighted by molar-refractivity contribution is 0.469. The molecular formula is C10H12N2O2. The normalized spacial score (nSPS) is 10.9. The SMILES string of the molecule is NCCc1c[nH]c2c(O)ccc(O)c12. The van der Waals surface area contributed by atoms with E-state index in [0.717, 1.165) is 5.56 Å². The molecule has 0 saturated carbocycles. The summed E-state index contributed by atoms with van der Waals surface area (Å²) in [4.78, 5) is 2.92. The lowest BCUT2D eigenvalue weighted by atomic mass is 10.1. The summed E-state index contributed by atoms with van der Waals surface area (Å²) in [6.45, 7) is 0.516. The fraction of sp³-hybridized carbons (Fsp3) is 0.200. The van der Waals surface area contributed by atoms with Gasteiger partial charge in [0.25, 0.3) is 0 Å². The molecule has 2 aromatic rings. The second-order valence-corrected chi connectivity index (χ2v) is 3.21. The third-order valence-electron chi connectivity index (χ3n) is 2.29. The smallest absolute Gasteiger partial charge is 0.139 e. The van der Waals surface area contributed by atoms with Gasteiger partial charge >= 0.3 is 0 Å². The summed E-state index contributed by atoms with van der Waals surface area (Å²) < 4.78 is 0. The number of phenolic OH excluding ortho intramolecular Hbond substituents is 2. The van der Waals surface area contributed by atoms with E-state index in [1.807, 2.05) is 0 Å². The van der Waals surface area contributed by atoms with Gasteiger partial charge in [0.15, 0.2) is 0 Å². The van der Waals surface area contributed by atoms with Crippen molar-refractivity contribution >= 4 is 10.9 Å². The Labute approximate surface area is 81.0 Å². The number of hydrogen-bond acceptors (Lipinski definition) is 3. The van der Waals surface area contributed by atoms with Gasteiger partial charge in [-0.3, -0.25) is 0 Å². The molecule has 0 radical (unpaired) electrons. The number of nitrogens with two attached hydrogens (primary N) is 1. The Bertz CT molecular complexity index is 462. The number of aromatic hydroxyl groups is 2. The highest BCUT2D eigenvalue weighted by atomic mass is 16.3. The first-order valence-corrected chi connectivity index (χ1v) is 4.45. The molecule has 0 aliphatic carbocycles. The van der Waals surface area contributed by atoms with Gasteiger partial charge in [-0.15, -0.1) is 0 Å². The van der Waals surface area contributed by atoms with Crippen molar-refractivity contribution in [1.29, 1.82) is 0 Å². The summed E-state index contributed by atoms with van der Waals surface area (Å²) in [6.07, 6.45) is 2.44. The second-order valence-electron chi connectivity index (χ2n) is 3.21. The molecule has 1 aromatic heterocycles. The Morgan fingerprint density at radius 2 is 1.93 bits per heavy atom. The predicted octanol–water partition coefficient (Wildman–Crippen LogP) is 1.08. The molecule has 14 heavy (non-hydrogen) atoms. The zero-order chi connectivity index (χ0) is 10.1. The molecule has 5 N–H and O–H groups in total. The van der Waals surface area contributed by atoms with Crippen LogP contribution < -0.4 is 5.73 Å². The van der Waals surface area contributed by atoms with Crippen molar-refractivity contribution in [3.63, 3.8) is 0 Å². The molecule has 2 rings (SSSR count). The van der Waals surface area contributed by atoms with E-state index in [1.165, 1.54) is 12.1 Å². The maximum Gasteiger partial charge on any atom is 0.139 e. The fourth-order valence-corrected chi connectivity index (χ4v) is 1.64. The van der Waals surface area contributed by atoms with E-state index in [1.54, 1.807) is 6.20 Å². The molecule has 0 atom stereocenters. The highest BCUT2D eigenvalue weighted by Gasteiger charge is 2.10. The molecule has 0 saturated heterocycles. The molecule has 4 nitrogen and oxygen atoms in total. The Kier molecular flexibility index (Phi) is 2.05. The van der Waals surface area contributed by atoms with Gasteiger partial charge in [0.1, 0.15) is 11.5 Å². The molecule has 4 heteroatoms. The molecule has 74 valence electrons.